The van der Waals surface area contributed by atoms with E-state index in [0.29, 0.717) is 0 Å². The van der Waals surface area contributed by atoms with Crippen molar-refractivity contribution in [3.63, 3.8) is 0 Å². The van der Waals surface area contributed by atoms with Gasteiger partial charge in [-0.2, -0.15) is 0 Å². The average Bonchev–Trinajstić information content (AvgIpc) is 2.88. The van der Waals surface area contributed by atoms with Crippen LogP contribution < -0.4 is 5.73 Å². The highest BCUT2D eigenvalue weighted by molar-refractivity contribution is 7.09. The van der Waals surface area contributed by atoms with E-state index in [1.54, 1.807) is 0 Å². The van der Waals surface area contributed by atoms with Gasteiger partial charge in [0.25, 0.3) is 0 Å². The monoisotopic (exact) mass is 266 g/mol. The summed E-state index contributed by atoms with van der Waals surface area (Å²) in [4.78, 5) is 4.01. The third-order valence-electron chi connectivity index (χ3n) is 4.53. The molecule has 2 unspecified atom stereocenters. The minimum Gasteiger partial charge on any atom is -0.329 e. The average molecular weight is 266 g/mol. The van der Waals surface area contributed by atoms with E-state index in [2.05, 4.69) is 36.4 Å². The first-order chi connectivity index (χ1) is 8.66. The first-order valence-corrected chi connectivity index (χ1v) is 7.98. The van der Waals surface area contributed by atoms with Crippen molar-refractivity contribution in [2.45, 2.75) is 44.6 Å². The smallest absolute Gasteiger partial charge is 0.0331 e. The molecule has 1 fully saturated rings. The lowest BCUT2D eigenvalue weighted by atomic mass is 9.75. The van der Waals surface area contributed by atoms with Crippen LogP contribution in [0.15, 0.2) is 17.5 Å². The first kappa shape index (κ1) is 14.0. The summed E-state index contributed by atoms with van der Waals surface area (Å²) in [6, 6.07) is 4.37. The lowest BCUT2D eigenvalue weighted by Crippen LogP contribution is -2.55. The van der Waals surface area contributed by atoms with Crippen LogP contribution >= 0.6 is 11.3 Å². The normalized spacial score (nSPS) is 28.8. The molecule has 0 saturated heterocycles. The van der Waals surface area contributed by atoms with Gasteiger partial charge in [0.15, 0.2) is 0 Å². The lowest BCUT2D eigenvalue weighted by molar-refractivity contribution is 0.0628. The number of likely N-dealkylation sites (N-methyl/N-ethyl adjacent to an activating group) is 1. The zero-order valence-corrected chi connectivity index (χ0v) is 12.5. The Labute approximate surface area is 115 Å². The van der Waals surface area contributed by atoms with Crippen molar-refractivity contribution in [1.29, 1.82) is 0 Å². The number of rotatable bonds is 5. The molecule has 0 aromatic carbocycles. The molecule has 102 valence electrons. The second kappa shape index (κ2) is 6.18. The molecule has 18 heavy (non-hydrogen) atoms. The molecule has 2 N–H and O–H groups in total. The summed E-state index contributed by atoms with van der Waals surface area (Å²) in [5, 5.41) is 2.16. The van der Waals surface area contributed by atoms with Gasteiger partial charge in [-0.3, -0.25) is 4.90 Å². The SMILES string of the molecule is CC1CCCC(CN)(N(C)CCc2cccs2)C1. The molecule has 1 heterocycles. The predicted molar refractivity (Wildman–Crippen MR) is 80.1 cm³/mol. The summed E-state index contributed by atoms with van der Waals surface area (Å²) in [6.45, 7) is 4.30. The van der Waals surface area contributed by atoms with Gasteiger partial charge in [-0.15, -0.1) is 11.3 Å². The van der Waals surface area contributed by atoms with Crippen LogP contribution in [0.1, 0.15) is 37.5 Å². The minimum absolute atomic E-state index is 0.259. The molecule has 1 aromatic rings. The van der Waals surface area contributed by atoms with E-state index in [0.717, 1.165) is 25.4 Å². The van der Waals surface area contributed by atoms with Crippen LogP contribution in [0.5, 0.6) is 0 Å². The molecule has 1 saturated carbocycles. The fraction of sp³-hybridized carbons (Fsp3) is 0.733. The van der Waals surface area contributed by atoms with Gasteiger partial charge in [-0.1, -0.05) is 25.8 Å². The van der Waals surface area contributed by atoms with E-state index in [9.17, 15) is 0 Å². The van der Waals surface area contributed by atoms with Gasteiger partial charge in [0.05, 0.1) is 0 Å². The second-order valence-electron chi connectivity index (χ2n) is 5.88. The number of thiophene rings is 1. The summed E-state index contributed by atoms with van der Waals surface area (Å²) in [5.41, 5.74) is 6.37. The molecule has 1 aliphatic carbocycles. The standard InChI is InChI=1S/C15H26N2S/c1-13-5-3-8-15(11-13,12-16)17(2)9-7-14-6-4-10-18-14/h4,6,10,13H,3,5,7-9,11-12,16H2,1-2H3. The number of nitrogens with zero attached hydrogens (tertiary/aromatic N) is 1. The molecule has 0 radical (unpaired) electrons. The van der Waals surface area contributed by atoms with Crippen LogP contribution in [0.2, 0.25) is 0 Å². The van der Waals surface area contributed by atoms with Gasteiger partial charge in [-0.05, 0) is 43.7 Å². The van der Waals surface area contributed by atoms with Gasteiger partial charge in [0, 0.05) is 23.5 Å². The summed E-state index contributed by atoms with van der Waals surface area (Å²) >= 11 is 1.86. The van der Waals surface area contributed by atoms with Gasteiger partial charge in [0.1, 0.15) is 0 Å². The molecule has 0 spiro atoms. The Morgan fingerprint density at radius 1 is 1.56 bits per heavy atom. The van der Waals surface area contributed by atoms with Gasteiger partial charge < -0.3 is 5.73 Å². The number of hydrogen-bond acceptors (Lipinski definition) is 3. The number of nitrogens with two attached hydrogens (primary N) is 1. The van der Waals surface area contributed by atoms with E-state index in [1.807, 2.05) is 11.3 Å². The van der Waals surface area contributed by atoms with Crippen molar-refractivity contribution in [3.8, 4) is 0 Å². The molecule has 2 rings (SSSR count). The topological polar surface area (TPSA) is 29.3 Å². The van der Waals surface area contributed by atoms with Crippen LogP contribution in [0, 0.1) is 5.92 Å². The summed E-state index contributed by atoms with van der Waals surface area (Å²) in [6.07, 6.45) is 6.41. The maximum atomic E-state index is 6.11. The fourth-order valence-corrected chi connectivity index (χ4v) is 3.99. The van der Waals surface area contributed by atoms with Crippen LogP contribution in [0.25, 0.3) is 0 Å². The molecule has 0 amide bonds. The van der Waals surface area contributed by atoms with Crippen molar-refractivity contribution in [1.82, 2.24) is 4.90 Å². The molecule has 3 heteroatoms. The van der Waals surface area contributed by atoms with E-state index in [1.165, 1.54) is 30.6 Å². The van der Waals surface area contributed by atoms with Crippen LogP contribution in [0.3, 0.4) is 0 Å². The van der Waals surface area contributed by atoms with Crippen molar-refractivity contribution >= 4 is 11.3 Å². The third-order valence-corrected chi connectivity index (χ3v) is 5.47. The van der Waals surface area contributed by atoms with E-state index >= 15 is 0 Å². The maximum absolute atomic E-state index is 6.11. The quantitative estimate of drug-likeness (QED) is 0.887. The van der Waals surface area contributed by atoms with Gasteiger partial charge in [0.2, 0.25) is 0 Å². The van der Waals surface area contributed by atoms with Crippen LogP contribution in [0.4, 0.5) is 0 Å². The van der Waals surface area contributed by atoms with Gasteiger partial charge in [-0.25, -0.2) is 0 Å². The van der Waals surface area contributed by atoms with Gasteiger partial charge >= 0.3 is 0 Å². The Kier molecular flexibility index (Phi) is 4.82. The first-order valence-electron chi connectivity index (χ1n) is 7.10. The molecule has 1 aliphatic rings. The van der Waals surface area contributed by atoms with Crippen molar-refractivity contribution in [2.24, 2.45) is 11.7 Å². The molecule has 2 nitrogen and oxygen atoms in total. The minimum atomic E-state index is 0.259. The Morgan fingerprint density at radius 3 is 3.00 bits per heavy atom. The predicted octanol–water partition coefficient (Wildman–Crippen LogP) is 3.13. The Balaban J connectivity index is 1.94. The van der Waals surface area contributed by atoms with E-state index in [-0.39, 0.29) is 5.54 Å². The lowest BCUT2D eigenvalue weighted by Gasteiger charge is -2.46. The molecular formula is C15H26N2S. The second-order valence-corrected chi connectivity index (χ2v) is 6.91. The molecule has 0 aliphatic heterocycles. The van der Waals surface area contributed by atoms with Crippen molar-refractivity contribution < 1.29 is 0 Å². The van der Waals surface area contributed by atoms with Crippen LogP contribution in [-0.4, -0.2) is 30.6 Å². The summed E-state index contributed by atoms with van der Waals surface area (Å²) in [7, 11) is 2.26. The van der Waals surface area contributed by atoms with Crippen molar-refractivity contribution in [3.05, 3.63) is 22.4 Å². The highest BCUT2D eigenvalue weighted by Crippen LogP contribution is 2.35. The Bertz CT molecular complexity index is 349. The highest BCUT2D eigenvalue weighted by Gasteiger charge is 2.36. The summed E-state index contributed by atoms with van der Waals surface area (Å²) < 4.78 is 0. The van der Waals surface area contributed by atoms with Crippen molar-refractivity contribution in [2.75, 3.05) is 20.1 Å². The largest absolute Gasteiger partial charge is 0.329 e. The number of hydrogen-bond donors (Lipinski definition) is 1. The zero-order chi connectivity index (χ0) is 13.0. The molecule has 0 bridgehead atoms. The van der Waals surface area contributed by atoms with E-state index < -0.39 is 0 Å². The van der Waals surface area contributed by atoms with Crippen LogP contribution in [-0.2, 0) is 6.42 Å². The zero-order valence-electron chi connectivity index (χ0n) is 11.7. The third kappa shape index (κ3) is 3.14. The Hall–Kier alpha value is -0.380. The summed E-state index contributed by atoms with van der Waals surface area (Å²) in [5.74, 6) is 0.825. The maximum Gasteiger partial charge on any atom is 0.0331 e. The molecule has 1 aromatic heterocycles. The Morgan fingerprint density at radius 2 is 2.39 bits per heavy atom. The molecule has 2 atom stereocenters. The highest BCUT2D eigenvalue weighted by atomic mass is 32.1. The van der Waals surface area contributed by atoms with E-state index in [4.69, 9.17) is 5.73 Å². The fourth-order valence-electron chi connectivity index (χ4n) is 3.29. The molecular weight excluding hydrogens is 240 g/mol.